The molecule has 0 N–H and O–H groups in total. The molecule has 14 aromatic rings. The summed E-state index contributed by atoms with van der Waals surface area (Å²) < 4.78 is 15.6. The maximum atomic E-state index is 6.76. The van der Waals surface area contributed by atoms with Gasteiger partial charge < -0.3 is 13.4 Å². The van der Waals surface area contributed by atoms with Crippen molar-refractivity contribution in [3.05, 3.63) is 231 Å². The number of para-hydroxylation sites is 4. The molecule has 0 unspecified atom stereocenters. The van der Waals surface area contributed by atoms with Gasteiger partial charge in [-0.2, -0.15) is 0 Å². The van der Waals surface area contributed by atoms with E-state index in [-0.39, 0.29) is 0 Å². The smallest absolute Gasteiger partial charge is 0.167 e. The molecule has 0 bridgehead atoms. The van der Waals surface area contributed by atoms with E-state index in [0.29, 0.717) is 17.5 Å². The Morgan fingerprint density at radius 2 is 0.797 bits per heavy atom. The number of hydrogen-bond acceptors (Lipinski definition) is 5. The number of nitrogens with zero attached hydrogens (tertiary/aromatic N) is 4. The summed E-state index contributed by atoms with van der Waals surface area (Å²) in [7, 11) is 0. The van der Waals surface area contributed by atoms with Crippen LogP contribution in [0.25, 0.3) is 139 Å². The maximum Gasteiger partial charge on any atom is 0.167 e. The average molecular weight is 883 g/mol. The Kier molecular flexibility index (Phi) is 8.79. The van der Waals surface area contributed by atoms with Crippen LogP contribution in [0.1, 0.15) is 0 Å². The van der Waals surface area contributed by atoms with Crippen molar-refractivity contribution in [1.29, 1.82) is 0 Å². The van der Waals surface area contributed by atoms with Gasteiger partial charge in [0, 0.05) is 49.1 Å². The molecule has 0 fully saturated rings. The summed E-state index contributed by atoms with van der Waals surface area (Å²) in [6, 6.07) is 80.4. The molecule has 322 valence electrons. The van der Waals surface area contributed by atoms with Gasteiger partial charge in [-0.3, -0.25) is 0 Å². The average Bonchev–Trinajstić information content (AvgIpc) is 4.10. The molecule has 0 spiro atoms. The fraction of sp³-hybridized carbons (Fsp3) is 0. The molecule has 0 aliphatic rings. The first-order valence-electron chi connectivity index (χ1n) is 23.2. The Bertz CT molecular complexity index is 4320. The van der Waals surface area contributed by atoms with Crippen LogP contribution >= 0.6 is 0 Å². The van der Waals surface area contributed by atoms with Gasteiger partial charge >= 0.3 is 0 Å². The summed E-state index contributed by atoms with van der Waals surface area (Å²) in [5.41, 5.74) is 15.8. The van der Waals surface area contributed by atoms with Gasteiger partial charge in [0.1, 0.15) is 22.3 Å². The molecular weight excluding hydrogens is 845 g/mol. The summed E-state index contributed by atoms with van der Waals surface area (Å²) in [6.07, 6.45) is 0. The fourth-order valence-corrected chi connectivity index (χ4v) is 10.3. The van der Waals surface area contributed by atoms with Gasteiger partial charge in [0.15, 0.2) is 17.5 Å². The number of aromatic nitrogens is 4. The Hall–Kier alpha value is -9.39. The summed E-state index contributed by atoms with van der Waals surface area (Å²) in [5.74, 6) is 1.70. The molecule has 69 heavy (non-hydrogen) atoms. The van der Waals surface area contributed by atoms with E-state index in [2.05, 4.69) is 168 Å². The fourth-order valence-electron chi connectivity index (χ4n) is 10.3. The van der Waals surface area contributed by atoms with Crippen molar-refractivity contribution in [3.8, 4) is 73.2 Å². The number of furan rings is 2. The highest BCUT2D eigenvalue weighted by atomic mass is 16.3. The number of fused-ring (bicyclic) bond motifs is 9. The lowest BCUT2D eigenvalue weighted by Crippen LogP contribution is -2.01. The topological polar surface area (TPSA) is 69.9 Å². The predicted octanol–water partition coefficient (Wildman–Crippen LogP) is 16.8. The van der Waals surface area contributed by atoms with Gasteiger partial charge in [-0.1, -0.05) is 164 Å². The minimum atomic E-state index is 0.543. The van der Waals surface area contributed by atoms with Crippen molar-refractivity contribution in [2.75, 3.05) is 0 Å². The number of rotatable bonds is 7. The second-order valence-corrected chi connectivity index (χ2v) is 17.5. The van der Waals surface area contributed by atoms with Gasteiger partial charge in [-0.15, -0.1) is 0 Å². The predicted molar refractivity (Wildman–Crippen MR) is 281 cm³/mol. The monoisotopic (exact) mass is 882 g/mol. The Labute approximate surface area is 396 Å². The largest absolute Gasteiger partial charge is 0.456 e. The van der Waals surface area contributed by atoms with E-state index in [0.717, 1.165) is 99.6 Å². The molecule has 0 atom stereocenters. The molecule has 0 amide bonds. The first kappa shape index (κ1) is 38.8. The zero-order valence-corrected chi connectivity index (χ0v) is 37.0. The van der Waals surface area contributed by atoms with Crippen LogP contribution in [0.2, 0.25) is 0 Å². The molecule has 6 nitrogen and oxygen atoms in total. The third-order valence-corrected chi connectivity index (χ3v) is 13.5. The highest BCUT2D eigenvalue weighted by Gasteiger charge is 2.21. The van der Waals surface area contributed by atoms with Crippen molar-refractivity contribution < 1.29 is 8.83 Å². The summed E-state index contributed by atoms with van der Waals surface area (Å²) in [5, 5.41) is 6.67. The highest BCUT2D eigenvalue weighted by molar-refractivity contribution is 6.12. The Morgan fingerprint density at radius 1 is 0.275 bits per heavy atom. The Morgan fingerprint density at radius 3 is 1.59 bits per heavy atom. The molecule has 4 heterocycles. The van der Waals surface area contributed by atoms with Crippen molar-refractivity contribution >= 4 is 65.7 Å². The lowest BCUT2D eigenvalue weighted by atomic mass is 9.91. The van der Waals surface area contributed by atoms with Crippen LogP contribution in [0.3, 0.4) is 0 Å². The van der Waals surface area contributed by atoms with Crippen molar-refractivity contribution in [2.45, 2.75) is 0 Å². The minimum absolute atomic E-state index is 0.543. The lowest BCUT2D eigenvalue weighted by Gasteiger charge is -2.15. The van der Waals surface area contributed by atoms with Crippen molar-refractivity contribution in [1.82, 2.24) is 19.5 Å². The molecule has 0 saturated carbocycles. The molecule has 0 saturated heterocycles. The standard InChI is InChI=1S/C63H38N4O2/c1-3-16-39(17-4-1)61-64-62(66-63(65-61)53-27-15-26-51-48-24-12-14-29-57(48)69-60(51)53)52-25-10-9-22-46(52)45-21-8-7-20-44(45)42-31-34-50-49-33-30-41(37-58(49)68-59(50)38-42)40-32-35-56-54(36-40)47-23-11-13-28-55(47)67(56)43-18-5-2-6-19-43/h1-38H. The van der Waals surface area contributed by atoms with E-state index < -0.39 is 0 Å². The van der Waals surface area contributed by atoms with E-state index in [4.69, 9.17) is 23.8 Å². The van der Waals surface area contributed by atoms with Crippen LogP contribution < -0.4 is 0 Å². The van der Waals surface area contributed by atoms with E-state index in [9.17, 15) is 0 Å². The van der Waals surface area contributed by atoms with Crippen LogP contribution in [-0.2, 0) is 0 Å². The third-order valence-electron chi connectivity index (χ3n) is 13.5. The highest BCUT2D eigenvalue weighted by Crippen LogP contribution is 2.42. The minimum Gasteiger partial charge on any atom is -0.456 e. The second kappa shape index (κ2) is 15.6. The summed E-state index contributed by atoms with van der Waals surface area (Å²) in [6.45, 7) is 0. The van der Waals surface area contributed by atoms with Crippen LogP contribution in [0.5, 0.6) is 0 Å². The molecule has 6 heteroatoms. The van der Waals surface area contributed by atoms with E-state index in [1.807, 2.05) is 66.7 Å². The molecule has 0 aliphatic carbocycles. The number of hydrogen-bond donors (Lipinski definition) is 0. The first-order chi connectivity index (χ1) is 34.2. The molecule has 10 aromatic carbocycles. The molecule has 4 aromatic heterocycles. The molecular formula is C63H38N4O2. The zero-order chi connectivity index (χ0) is 45.4. The summed E-state index contributed by atoms with van der Waals surface area (Å²) >= 11 is 0. The zero-order valence-electron chi connectivity index (χ0n) is 37.0. The summed E-state index contributed by atoms with van der Waals surface area (Å²) in [4.78, 5) is 15.5. The second-order valence-electron chi connectivity index (χ2n) is 17.5. The molecule has 0 radical (unpaired) electrons. The van der Waals surface area contributed by atoms with Gasteiger partial charge in [-0.05, 0) is 100 Å². The van der Waals surface area contributed by atoms with Gasteiger partial charge in [-0.25, -0.2) is 15.0 Å². The molecule has 0 aliphatic heterocycles. The number of benzene rings is 10. The van der Waals surface area contributed by atoms with Gasteiger partial charge in [0.2, 0.25) is 0 Å². The van der Waals surface area contributed by atoms with E-state index in [1.165, 1.54) is 21.8 Å². The van der Waals surface area contributed by atoms with E-state index in [1.54, 1.807) is 0 Å². The quantitative estimate of drug-likeness (QED) is 0.159. The van der Waals surface area contributed by atoms with Gasteiger partial charge in [0.05, 0.1) is 16.6 Å². The lowest BCUT2D eigenvalue weighted by molar-refractivity contribution is 0.669. The Balaban J connectivity index is 0.863. The maximum absolute atomic E-state index is 6.76. The van der Waals surface area contributed by atoms with Crippen LogP contribution in [0, 0.1) is 0 Å². The van der Waals surface area contributed by atoms with Crippen LogP contribution in [0.15, 0.2) is 239 Å². The first-order valence-corrected chi connectivity index (χ1v) is 23.2. The van der Waals surface area contributed by atoms with Crippen molar-refractivity contribution in [3.63, 3.8) is 0 Å². The van der Waals surface area contributed by atoms with Gasteiger partial charge in [0.25, 0.3) is 0 Å². The SMILES string of the molecule is c1ccc(-c2nc(-c3ccccc3-c3ccccc3-c3ccc4c(c3)oc3cc(-c5ccc6c(c5)c5ccccc5n6-c5ccccc5)ccc34)nc(-c3cccc4c3oc3ccccc34)n2)cc1. The third kappa shape index (κ3) is 6.38. The molecule has 14 rings (SSSR count). The van der Waals surface area contributed by atoms with Crippen LogP contribution in [0.4, 0.5) is 0 Å². The normalized spacial score (nSPS) is 11.8. The van der Waals surface area contributed by atoms with Crippen molar-refractivity contribution in [2.24, 2.45) is 0 Å². The van der Waals surface area contributed by atoms with E-state index >= 15 is 0 Å². The van der Waals surface area contributed by atoms with Crippen LogP contribution in [-0.4, -0.2) is 19.5 Å².